The smallest absolute Gasteiger partial charge is 0.149 e. The fourth-order valence-electron chi connectivity index (χ4n) is 2.00. The molecule has 0 aliphatic rings. The van der Waals surface area contributed by atoms with E-state index in [1.54, 1.807) is 6.20 Å². The van der Waals surface area contributed by atoms with Gasteiger partial charge in [-0.3, -0.25) is 10.4 Å². The van der Waals surface area contributed by atoms with Crippen LogP contribution in [0.25, 0.3) is 0 Å². The van der Waals surface area contributed by atoms with E-state index in [0.29, 0.717) is 5.82 Å². The average Bonchev–Trinajstić information content (AvgIpc) is 2.57. The largest absolute Gasteiger partial charge is 0.261 e. The summed E-state index contributed by atoms with van der Waals surface area (Å²) in [5.41, 5.74) is 6.41. The van der Waals surface area contributed by atoms with Crippen molar-refractivity contribution in [3.63, 3.8) is 0 Å². The molecule has 108 valence electrons. The SMILES string of the molecule is Cc1cc(N/N=C(\c2ccccc2)c2ccccn2)ncn1. The summed E-state index contributed by atoms with van der Waals surface area (Å²) in [5, 5.41) is 4.49. The Bertz CT molecular complexity index is 728. The van der Waals surface area contributed by atoms with Crippen LogP contribution in [0.1, 0.15) is 17.0 Å². The van der Waals surface area contributed by atoms with E-state index in [9.17, 15) is 0 Å². The first-order chi connectivity index (χ1) is 10.8. The topological polar surface area (TPSA) is 63.1 Å². The average molecular weight is 289 g/mol. The highest BCUT2D eigenvalue weighted by Crippen LogP contribution is 2.10. The second kappa shape index (κ2) is 6.58. The lowest BCUT2D eigenvalue weighted by Gasteiger charge is -2.07. The summed E-state index contributed by atoms with van der Waals surface area (Å²) >= 11 is 0. The van der Waals surface area contributed by atoms with Crippen molar-refractivity contribution in [2.24, 2.45) is 5.10 Å². The number of hydrazone groups is 1. The van der Waals surface area contributed by atoms with Gasteiger partial charge in [0.05, 0.1) is 5.69 Å². The molecule has 3 aromatic rings. The van der Waals surface area contributed by atoms with Crippen molar-refractivity contribution in [3.8, 4) is 0 Å². The van der Waals surface area contributed by atoms with Crippen LogP contribution in [0.4, 0.5) is 5.82 Å². The zero-order chi connectivity index (χ0) is 15.2. The Labute approximate surface area is 128 Å². The third-order valence-corrected chi connectivity index (χ3v) is 3.04. The lowest BCUT2D eigenvalue weighted by molar-refractivity contribution is 1.08. The molecule has 0 saturated heterocycles. The Morgan fingerprint density at radius 1 is 0.955 bits per heavy atom. The molecule has 0 aliphatic heterocycles. The highest BCUT2D eigenvalue weighted by molar-refractivity contribution is 6.11. The molecule has 0 unspecified atom stereocenters. The van der Waals surface area contributed by atoms with Crippen molar-refractivity contribution >= 4 is 11.5 Å². The molecule has 2 heterocycles. The second-order valence-corrected chi connectivity index (χ2v) is 4.70. The standard InChI is InChI=1S/C17H15N5/c1-13-11-16(20-12-19-13)21-22-17(14-7-3-2-4-8-14)15-9-5-6-10-18-15/h2-12H,1H3,(H,19,20,21)/b22-17+. The van der Waals surface area contributed by atoms with Crippen LogP contribution < -0.4 is 5.43 Å². The summed E-state index contributed by atoms with van der Waals surface area (Å²) in [6, 6.07) is 17.5. The van der Waals surface area contributed by atoms with Crippen molar-refractivity contribution in [3.05, 3.63) is 84.1 Å². The van der Waals surface area contributed by atoms with E-state index in [-0.39, 0.29) is 0 Å². The fourth-order valence-corrected chi connectivity index (χ4v) is 2.00. The van der Waals surface area contributed by atoms with Crippen LogP contribution in [0.3, 0.4) is 0 Å². The van der Waals surface area contributed by atoms with Gasteiger partial charge in [-0.15, -0.1) is 0 Å². The molecule has 1 N–H and O–H groups in total. The summed E-state index contributed by atoms with van der Waals surface area (Å²) < 4.78 is 0. The molecule has 3 rings (SSSR count). The third-order valence-electron chi connectivity index (χ3n) is 3.04. The number of aromatic nitrogens is 3. The van der Waals surface area contributed by atoms with Crippen LogP contribution in [-0.2, 0) is 0 Å². The molecule has 0 atom stereocenters. The predicted octanol–water partition coefficient (Wildman–Crippen LogP) is 3.04. The van der Waals surface area contributed by atoms with Crippen LogP contribution >= 0.6 is 0 Å². The van der Waals surface area contributed by atoms with Crippen molar-refractivity contribution in [1.82, 2.24) is 15.0 Å². The van der Waals surface area contributed by atoms with Gasteiger partial charge >= 0.3 is 0 Å². The fraction of sp³-hybridized carbons (Fsp3) is 0.0588. The molecule has 0 spiro atoms. The Balaban J connectivity index is 1.97. The van der Waals surface area contributed by atoms with E-state index in [4.69, 9.17) is 0 Å². The first-order valence-corrected chi connectivity index (χ1v) is 6.92. The predicted molar refractivity (Wildman–Crippen MR) is 86.7 cm³/mol. The lowest BCUT2D eigenvalue weighted by atomic mass is 10.1. The number of aryl methyl sites for hydroxylation is 1. The molecule has 0 bridgehead atoms. The van der Waals surface area contributed by atoms with Crippen LogP contribution in [0.15, 0.2) is 72.2 Å². The summed E-state index contributed by atoms with van der Waals surface area (Å²) in [7, 11) is 0. The summed E-state index contributed by atoms with van der Waals surface area (Å²) in [4.78, 5) is 12.6. The molecule has 5 heteroatoms. The Kier molecular flexibility index (Phi) is 4.15. The summed E-state index contributed by atoms with van der Waals surface area (Å²) in [6.07, 6.45) is 3.26. The van der Waals surface area contributed by atoms with Crippen LogP contribution in [-0.4, -0.2) is 20.7 Å². The molecular weight excluding hydrogens is 274 g/mol. The lowest BCUT2D eigenvalue weighted by Crippen LogP contribution is -2.08. The molecule has 1 aromatic carbocycles. The number of anilines is 1. The number of nitrogens with one attached hydrogen (secondary N) is 1. The van der Waals surface area contributed by atoms with Crippen molar-refractivity contribution < 1.29 is 0 Å². The molecule has 0 saturated carbocycles. The van der Waals surface area contributed by atoms with Gasteiger partial charge in [-0.1, -0.05) is 36.4 Å². The highest BCUT2D eigenvalue weighted by atomic mass is 15.3. The van der Waals surface area contributed by atoms with Gasteiger partial charge in [-0.2, -0.15) is 5.10 Å². The monoisotopic (exact) mass is 289 g/mol. The number of rotatable bonds is 4. The molecule has 5 nitrogen and oxygen atoms in total. The van der Waals surface area contributed by atoms with Gasteiger partial charge < -0.3 is 0 Å². The molecule has 0 fully saturated rings. The van der Waals surface area contributed by atoms with E-state index >= 15 is 0 Å². The van der Waals surface area contributed by atoms with Gasteiger partial charge in [0.2, 0.25) is 0 Å². The molecular formula is C17H15N5. The molecule has 22 heavy (non-hydrogen) atoms. The van der Waals surface area contributed by atoms with Crippen LogP contribution in [0, 0.1) is 6.92 Å². The van der Waals surface area contributed by atoms with E-state index in [2.05, 4.69) is 25.5 Å². The van der Waals surface area contributed by atoms with E-state index in [1.807, 2.05) is 61.5 Å². The normalized spacial score (nSPS) is 11.2. The first kappa shape index (κ1) is 13.9. The van der Waals surface area contributed by atoms with Gasteiger partial charge in [-0.25, -0.2) is 9.97 Å². The van der Waals surface area contributed by atoms with Crippen molar-refractivity contribution in [2.75, 3.05) is 5.43 Å². The number of benzene rings is 1. The minimum Gasteiger partial charge on any atom is -0.261 e. The number of hydrogen-bond acceptors (Lipinski definition) is 5. The van der Waals surface area contributed by atoms with Gasteiger partial charge in [0.1, 0.15) is 17.9 Å². The Hall–Kier alpha value is -3.08. The van der Waals surface area contributed by atoms with E-state index in [0.717, 1.165) is 22.7 Å². The molecule has 2 aromatic heterocycles. The van der Waals surface area contributed by atoms with Crippen LogP contribution in [0.2, 0.25) is 0 Å². The minimum atomic E-state index is 0.650. The highest BCUT2D eigenvalue weighted by Gasteiger charge is 2.08. The van der Waals surface area contributed by atoms with Crippen molar-refractivity contribution in [2.45, 2.75) is 6.92 Å². The van der Waals surface area contributed by atoms with Gasteiger partial charge in [-0.05, 0) is 19.1 Å². The minimum absolute atomic E-state index is 0.650. The number of pyridine rings is 1. The Morgan fingerprint density at radius 2 is 1.77 bits per heavy atom. The maximum Gasteiger partial charge on any atom is 0.149 e. The maximum atomic E-state index is 4.49. The third kappa shape index (κ3) is 3.32. The number of nitrogens with zero attached hydrogens (tertiary/aromatic N) is 4. The molecule has 0 aliphatic carbocycles. The van der Waals surface area contributed by atoms with Crippen LogP contribution in [0.5, 0.6) is 0 Å². The second-order valence-electron chi connectivity index (χ2n) is 4.70. The summed E-state index contributed by atoms with van der Waals surface area (Å²) in [5.74, 6) is 0.650. The quantitative estimate of drug-likeness (QED) is 0.592. The van der Waals surface area contributed by atoms with Gasteiger partial charge in [0.15, 0.2) is 0 Å². The molecule has 0 amide bonds. The molecule has 0 radical (unpaired) electrons. The van der Waals surface area contributed by atoms with Gasteiger partial charge in [0, 0.05) is 23.5 Å². The zero-order valence-electron chi connectivity index (χ0n) is 12.1. The summed E-state index contributed by atoms with van der Waals surface area (Å²) in [6.45, 7) is 1.91. The zero-order valence-corrected chi connectivity index (χ0v) is 12.1. The number of hydrogen-bond donors (Lipinski definition) is 1. The van der Waals surface area contributed by atoms with Gasteiger partial charge in [0.25, 0.3) is 0 Å². The van der Waals surface area contributed by atoms with E-state index in [1.165, 1.54) is 6.33 Å². The van der Waals surface area contributed by atoms with E-state index < -0.39 is 0 Å². The Morgan fingerprint density at radius 3 is 2.50 bits per heavy atom. The first-order valence-electron chi connectivity index (χ1n) is 6.92. The maximum absolute atomic E-state index is 4.49. The van der Waals surface area contributed by atoms with Crippen molar-refractivity contribution in [1.29, 1.82) is 0 Å².